The fourth-order valence-corrected chi connectivity index (χ4v) is 2.47. The Morgan fingerprint density at radius 3 is 2.65 bits per heavy atom. The quantitative estimate of drug-likeness (QED) is 0.891. The molecule has 0 amide bonds. The zero-order valence-electron chi connectivity index (χ0n) is 10.6. The molecular formula is C12H17N3OS. The molecular weight excluding hydrogens is 234 g/mol. The van der Waals surface area contributed by atoms with Gasteiger partial charge >= 0.3 is 0 Å². The smallest absolute Gasteiger partial charge is 0.227 e. The van der Waals surface area contributed by atoms with E-state index in [2.05, 4.69) is 23.0 Å². The van der Waals surface area contributed by atoms with E-state index in [1.807, 2.05) is 20.8 Å². The first-order valence-electron chi connectivity index (χ1n) is 5.64. The molecule has 92 valence electrons. The Labute approximate surface area is 105 Å². The van der Waals surface area contributed by atoms with Gasteiger partial charge in [0.25, 0.3) is 0 Å². The highest BCUT2D eigenvalue weighted by Gasteiger charge is 2.17. The molecule has 5 heteroatoms. The number of ether oxygens (including phenoxy) is 1. The molecule has 0 bridgehead atoms. The van der Waals surface area contributed by atoms with Gasteiger partial charge in [-0.25, -0.2) is 4.98 Å². The second kappa shape index (κ2) is 4.14. The number of hydrogen-bond acceptors (Lipinski definition) is 5. The highest BCUT2D eigenvalue weighted by molar-refractivity contribution is 7.18. The number of nitrogens with two attached hydrogens (primary N) is 1. The topological polar surface area (TPSA) is 61.0 Å². The molecule has 0 aliphatic heterocycles. The van der Waals surface area contributed by atoms with Gasteiger partial charge < -0.3 is 10.5 Å². The molecule has 0 aliphatic rings. The number of nitrogen functional groups attached to an aromatic ring is 1. The van der Waals surface area contributed by atoms with E-state index >= 15 is 0 Å². The summed E-state index contributed by atoms with van der Waals surface area (Å²) in [6, 6.07) is 2.08. The molecule has 0 radical (unpaired) electrons. The van der Waals surface area contributed by atoms with Gasteiger partial charge in [-0.2, -0.15) is 4.98 Å². The van der Waals surface area contributed by atoms with Crippen molar-refractivity contribution in [1.82, 2.24) is 9.97 Å². The number of aromatic nitrogens is 2. The lowest BCUT2D eigenvalue weighted by Gasteiger charge is -2.20. The van der Waals surface area contributed by atoms with E-state index in [0.29, 0.717) is 5.88 Å². The van der Waals surface area contributed by atoms with Crippen LogP contribution in [0.2, 0.25) is 0 Å². The fourth-order valence-electron chi connectivity index (χ4n) is 1.50. The number of hydrogen-bond donors (Lipinski definition) is 1. The molecule has 0 aromatic carbocycles. The molecule has 0 spiro atoms. The first-order chi connectivity index (χ1) is 7.89. The van der Waals surface area contributed by atoms with E-state index in [1.165, 1.54) is 4.88 Å². The van der Waals surface area contributed by atoms with Crippen LogP contribution in [-0.2, 0) is 6.42 Å². The number of anilines is 1. The normalized spacial score (nSPS) is 12.0. The van der Waals surface area contributed by atoms with Gasteiger partial charge in [0.05, 0.1) is 5.39 Å². The lowest BCUT2D eigenvalue weighted by molar-refractivity contribution is 0.126. The van der Waals surface area contributed by atoms with Gasteiger partial charge in [0.15, 0.2) is 0 Å². The third kappa shape index (κ3) is 2.66. The summed E-state index contributed by atoms with van der Waals surface area (Å²) in [5.41, 5.74) is 5.41. The van der Waals surface area contributed by atoms with E-state index in [0.717, 1.165) is 16.6 Å². The van der Waals surface area contributed by atoms with Gasteiger partial charge in [-0.3, -0.25) is 0 Å². The molecule has 0 fully saturated rings. The van der Waals surface area contributed by atoms with Crippen LogP contribution in [0.1, 0.15) is 32.6 Å². The van der Waals surface area contributed by atoms with E-state index < -0.39 is 0 Å². The maximum Gasteiger partial charge on any atom is 0.227 e. The molecule has 0 aliphatic carbocycles. The predicted molar refractivity (Wildman–Crippen MR) is 71.6 cm³/mol. The molecule has 2 rings (SSSR count). The number of thiophene rings is 1. The van der Waals surface area contributed by atoms with Crippen molar-refractivity contribution in [2.24, 2.45) is 0 Å². The minimum atomic E-state index is -0.290. The van der Waals surface area contributed by atoms with Crippen molar-refractivity contribution < 1.29 is 4.74 Å². The Balaban J connectivity index is 2.56. The van der Waals surface area contributed by atoms with Crippen molar-refractivity contribution in [3.05, 3.63) is 10.9 Å². The van der Waals surface area contributed by atoms with E-state index in [1.54, 1.807) is 11.3 Å². The second-order valence-electron chi connectivity index (χ2n) is 4.89. The van der Waals surface area contributed by atoms with Gasteiger partial charge in [0.2, 0.25) is 11.8 Å². The number of aryl methyl sites for hydroxylation is 1. The largest absolute Gasteiger partial charge is 0.471 e. The maximum absolute atomic E-state index is 5.83. The second-order valence-corrected chi connectivity index (χ2v) is 6.00. The molecule has 2 aromatic heterocycles. The maximum atomic E-state index is 5.83. The third-order valence-electron chi connectivity index (χ3n) is 2.18. The third-order valence-corrected chi connectivity index (χ3v) is 3.35. The van der Waals surface area contributed by atoms with Crippen LogP contribution in [-0.4, -0.2) is 15.6 Å². The van der Waals surface area contributed by atoms with Crippen molar-refractivity contribution in [3.63, 3.8) is 0 Å². The number of nitrogens with zero attached hydrogens (tertiary/aromatic N) is 2. The summed E-state index contributed by atoms with van der Waals surface area (Å²) in [7, 11) is 0. The summed E-state index contributed by atoms with van der Waals surface area (Å²) >= 11 is 1.64. The van der Waals surface area contributed by atoms with Crippen LogP contribution in [0.5, 0.6) is 5.88 Å². The molecule has 0 saturated heterocycles. The SMILES string of the molecule is CCc1cc2c(OC(C)(C)C)nc(N)nc2s1. The average molecular weight is 251 g/mol. The highest BCUT2D eigenvalue weighted by Crippen LogP contribution is 2.32. The molecule has 17 heavy (non-hydrogen) atoms. The first kappa shape index (κ1) is 12.1. The Kier molecular flexibility index (Phi) is 2.95. The van der Waals surface area contributed by atoms with Crippen molar-refractivity contribution in [2.75, 3.05) is 5.73 Å². The number of rotatable bonds is 2. The number of fused-ring (bicyclic) bond motifs is 1. The standard InChI is InChI=1S/C12H17N3OS/c1-5-7-6-8-9(16-12(2,3)4)14-11(13)15-10(8)17-7/h6H,5H2,1-4H3,(H2,13,14,15). The first-order valence-corrected chi connectivity index (χ1v) is 6.45. The molecule has 2 heterocycles. The van der Waals surface area contributed by atoms with E-state index in [-0.39, 0.29) is 11.5 Å². The minimum Gasteiger partial charge on any atom is -0.471 e. The molecule has 2 N–H and O–H groups in total. The average Bonchev–Trinajstić information content (AvgIpc) is 2.58. The molecule has 0 unspecified atom stereocenters. The summed E-state index contributed by atoms with van der Waals surface area (Å²) in [5.74, 6) is 0.845. The highest BCUT2D eigenvalue weighted by atomic mass is 32.1. The van der Waals surface area contributed by atoms with E-state index in [4.69, 9.17) is 10.5 Å². The van der Waals surface area contributed by atoms with Crippen molar-refractivity contribution in [3.8, 4) is 5.88 Å². The Bertz CT molecular complexity index is 542. The summed E-state index contributed by atoms with van der Waals surface area (Å²) in [5, 5.41) is 0.955. The van der Waals surface area contributed by atoms with Gasteiger partial charge in [-0.15, -0.1) is 11.3 Å². The summed E-state index contributed by atoms with van der Waals surface area (Å²) in [6.45, 7) is 8.09. The zero-order valence-corrected chi connectivity index (χ0v) is 11.4. The van der Waals surface area contributed by atoms with Crippen molar-refractivity contribution in [2.45, 2.75) is 39.7 Å². The monoisotopic (exact) mass is 251 g/mol. The van der Waals surface area contributed by atoms with Gasteiger partial charge in [0, 0.05) is 4.88 Å². The molecule has 0 saturated carbocycles. The molecule has 0 atom stereocenters. The Morgan fingerprint density at radius 2 is 2.06 bits per heavy atom. The van der Waals surface area contributed by atoms with Crippen molar-refractivity contribution in [1.29, 1.82) is 0 Å². The van der Waals surface area contributed by atoms with Crippen LogP contribution in [0.15, 0.2) is 6.07 Å². The summed E-state index contributed by atoms with van der Waals surface area (Å²) in [4.78, 5) is 10.6. The van der Waals surface area contributed by atoms with Crippen LogP contribution in [0.4, 0.5) is 5.95 Å². The summed E-state index contributed by atoms with van der Waals surface area (Å²) in [6.07, 6.45) is 0.982. The van der Waals surface area contributed by atoms with Gasteiger partial charge in [-0.05, 0) is 33.3 Å². The van der Waals surface area contributed by atoms with E-state index in [9.17, 15) is 0 Å². The Hall–Kier alpha value is -1.36. The summed E-state index contributed by atoms with van der Waals surface area (Å²) < 4.78 is 5.83. The van der Waals surface area contributed by atoms with Crippen LogP contribution >= 0.6 is 11.3 Å². The van der Waals surface area contributed by atoms with Crippen LogP contribution in [0, 0.1) is 0 Å². The van der Waals surface area contributed by atoms with Crippen molar-refractivity contribution >= 4 is 27.5 Å². The zero-order chi connectivity index (χ0) is 12.6. The predicted octanol–water partition coefficient (Wildman–Crippen LogP) is 3.01. The van der Waals surface area contributed by atoms with Crippen LogP contribution in [0.3, 0.4) is 0 Å². The minimum absolute atomic E-state index is 0.265. The molecule has 4 nitrogen and oxygen atoms in total. The Morgan fingerprint density at radius 1 is 1.35 bits per heavy atom. The molecule has 2 aromatic rings. The van der Waals surface area contributed by atoms with Gasteiger partial charge in [0.1, 0.15) is 10.4 Å². The lowest BCUT2D eigenvalue weighted by Crippen LogP contribution is -2.23. The lowest BCUT2D eigenvalue weighted by atomic mass is 10.2. The van der Waals surface area contributed by atoms with Crippen LogP contribution < -0.4 is 10.5 Å². The van der Waals surface area contributed by atoms with Crippen LogP contribution in [0.25, 0.3) is 10.2 Å². The van der Waals surface area contributed by atoms with Gasteiger partial charge in [-0.1, -0.05) is 6.92 Å². The fraction of sp³-hybridized carbons (Fsp3) is 0.500.